The van der Waals surface area contributed by atoms with E-state index in [1.807, 2.05) is 24.4 Å². The van der Waals surface area contributed by atoms with Crippen molar-refractivity contribution >= 4 is 5.69 Å². The SMILES string of the molecule is COc1cccc(-c2nc(C3CCC3)ncc2NCCCN)c1. The first-order valence-electron chi connectivity index (χ1n) is 8.27. The summed E-state index contributed by atoms with van der Waals surface area (Å²) in [5.74, 6) is 2.30. The van der Waals surface area contributed by atoms with Gasteiger partial charge in [-0.1, -0.05) is 18.6 Å². The number of hydrogen-bond acceptors (Lipinski definition) is 5. The zero-order valence-electron chi connectivity index (χ0n) is 13.6. The molecule has 0 bridgehead atoms. The molecular formula is C18H24N4O. The van der Waals surface area contributed by atoms with E-state index in [9.17, 15) is 0 Å². The van der Waals surface area contributed by atoms with Crippen LogP contribution in [-0.4, -0.2) is 30.2 Å². The summed E-state index contributed by atoms with van der Waals surface area (Å²) in [5, 5.41) is 3.41. The molecule has 1 aliphatic carbocycles. The predicted octanol–water partition coefficient (Wildman–Crippen LogP) is 3.18. The molecule has 1 saturated carbocycles. The van der Waals surface area contributed by atoms with Gasteiger partial charge >= 0.3 is 0 Å². The molecule has 122 valence electrons. The average molecular weight is 312 g/mol. The Hall–Kier alpha value is -2.14. The van der Waals surface area contributed by atoms with Gasteiger partial charge in [-0.3, -0.25) is 0 Å². The normalized spacial score (nSPS) is 14.3. The quantitative estimate of drug-likeness (QED) is 0.768. The standard InChI is InChI=1S/C18H24N4O/c1-23-15-8-3-7-14(11-15)17-16(20-10-4-9-19)12-21-18(22-17)13-5-2-6-13/h3,7-8,11-13,20H,2,4-6,9-10,19H2,1H3. The van der Waals surface area contributed by atoms with Gasteiger partial charge in [0.2, 0.25) is 0 Å². The van der Waals surface area contributed by atoms with Crippen LogP contribution in [-0.2, 0) is 0 Å². The maximum atomic E-state index is 5.58. The summed E-state index contributed by atoms with van der Waals surface area (Å²) in [6.07, 6.45) is 6.49. The van der Waals surface area contributed by atoms with E-state index in [0.29, 0.717) is 12.5 Å². The fourth-order valence-electron chi connectivity index (χ4n) is 2.70. The maximum Gasteiger partial charge on any atom is 0.132 e. The van der Waals surface area contributed by atoms with Crippen LogP contribution >= 0.6 is 0 Å². The van der Waals surface area contributed by atoms with Gasteiger partial charge in [-0.2, -0.15) is 0 Å². The molecule has 0 amide bonds. The Bertz CT molecular complexity index is 655. The number of ether oxygens (including phenoxy) is 1. The van der Waals surface area contributed by atoms with Gasteiger partial charge in [0.15, 0.2) is 0 Å². The number of aromatic nitrogens is 2. The Kier molecular flexibility index (Phi) is 5.08. The highest BCUT2D eigenvalue weighted by atomic mass is 16.5. The lowest BCUT2D eigenvalue weighted by Crippen LogP contribution is -2.15. The third-order valence-corrected chi connectivity index (χ3v) is 4.32. The van der Waals surface area contributed by atoms with Crippen LogP contribution in [0.5, 0.6) is 5.75 Å². The number of anilines is 1. The van der Waals surface area contributed by atoms with Crippen molar-refractivity contribution in [2.75, 3.05) is 25.5 Å². The van der Waals surface area contributed by atoms with Gasteiger partial charge in [-0.05, 0) is 37.9 Å². The van der Waals surface area contributed by atoms with Crippen LogP contribution in [0.1, 0.15) is 37.4 Å². The van der Waals surface area contributed by atoms with E-state index in [1.54, 1.807) is 7.11 Å². The van der Waals surface area contributed by atoms with Crippen LogP contribution < -0.4 is 15.8 Å². The highest BCUT2D eigenvalue weighted by Gasteiger charge is 2.23. The molecule has 3 rings (SSSR count). The number of nitrogens with one attached hydrogen (secondary N) is 1. The summed E-state index contributed by atoms with van der Waals surface area (Å²) >= 11 is 0. The van der Waals surface area contributed by atoms with Crippen molar-refractivity contribution in [2.45, 2.75) is 31.6 Å². The number of nitrogens with two attached hydrogens (primary N) is 1. The summed E-state index contributed by atoms with van der Waals surface area (Å²) in [4.78, 5) is 9.43. The van der Waals surface area contributed by atoms with Crippen molar-refractivity contribution in [1.82, 2.24) is 9.97 Å². The molecule has 0 spiro atoms. The molecule has 1 aliphatic rings. The predicted molar refractivity (Wildman–Crippen MR) is 92.8 cm³/mol. The van der Waals surface area contributed by atoms with Gasteiger partial charge in [0.1, 0.15) is 11.6 Å². The van der Waals surface area contributed by atoms with Crippen LogP contribution in [0.2, 0.25) is 0 Å². The minimum Gasteiger partial charge on any atom is -0.497 e. The summed E-state index contributed by atoms with van der Waals surface area (Å²) < 4.78 is 5.34. The van der Waals surface area contributed by atoms with E-state index in [4.69, 9.17) is 15.5 Å². The maximum absolute atomic E-state index is 5.58. The van der Waals surface area contributed by atoms with Gasteiger partial charge in [0, 0.05) is 18.0 Å². The molecule has 3 N–H and O–H groups in total. The lowest BCUT2D eigenvalue weighted by molar-refractivity contribution is 0.401. The number of hydrogen-bond donors (Lipinski definition) is 2. The van der Waals surface area contributed by atoms with Gasteiger partial charge in [0.25, 0.3) is 0 Å². The van der Waals surface area contributed by atoms with Crippen molar-refractivity contribution < 1.29 is 4.74 Å². The molecule has 1 aromatic heterocycles. The molecule has 23 heavy (non-hydrogen) atoms. The summed E-state index contributed by atoms with van der Waals surface area (Å²) in [6, 6.07) is 8.01. The zero-order chi connectivity index (χ0) is 16.1. The number of nitrogens with zero attached hydrogens (tertiary/aromatic N) is 2. The minimum atomic E-state index is 0.512. The van der Waals surface area contributed by atoms with Gasteiger partial charge in [0.05, 0.1) is 24.7 Å². The molecule has 0 saturated heterocycles. The third-order valence-electron chi connectivity index (χ3n) is 4.32. The van der Waals surface area contributed by atoms with E-state index in [1.165, 1.54) is 19.3 Å². The van der Waals surface area contributed by atoms with E-state index in [-0.39, 0.29) is 0 Å². The molecule has 0 atom stereocenters. The lowest BCUT2D eigenvalue weighted by Gasteiger charge is -2.24. The van der Waals surface area contributed by atoms with Gasteiger partial charge < -0.3 is 15.8 Å². The van der Waals surface area contributed by atoms with E-state index in [0.717, 1.165) is 41.5 Å². The van der Waals surface area contributed by atoms with Crippen LogP contribution in [0.25, 0.3) is 11.3 Å². The Morgan fingerprint density at radius 1 is 1.35 bits per heavy atom. The van der Waals surface area contributed by atoms with Crippen molar-refractivity contribution in [3.63, 3.8) is 0 Å². The fraction of sp³-hybridized carbons (Fsp3) is 0.444. The fourth-order valence-corrected chi connectivity index (χ4v) is 2.70. The summed E-state index contributed by atoms with van der Waals surface area (Å²) in [6.45, 7) is 1.49. The molecule has 1 heterocycles. The Labute approximate surface area is 137 Å². The largest absolute Gasteiger partial charge is 0.497 e. The average Bonchev–Trinajstić information content (AvgIpc) is 2.54. The Morgan fingerprint density at radius 2 is 2.22 bits per heavy atom. The van der Waals surface area contributed by atoms with Crippen LogP contribution in [0.15, 0.2) is 30.5 Å². The van der Waals surface area contributed by atoms with E-state index in [2.05, 4.69) is 16.4 Å². The molecule has 5 nitrogen and oxygen atoms in total. The van der Waals surface area contributed by atoms with Crippen LogP contribution in [0.4, 0.5) is 5.69 Å². The Morgan fingerprint density at radius 3 is 2.91 bits per heavy atom. The zero-order valence-corrected chi connectivity index (χ0v) is 13.6. The monoisotopic (exact) mass is 312 g/mol. The first-order chi connectivity index (χ1) is 11.3. The van der Waals surface area contributed by atoms with Crippen molar-refractivity contribution in [1.29, 1.82) is 0 Å². The molecule has 2 aromatic rings. The van der Waals surface area contributed by atoms with E-state index >= 15 is 0 Å². The van der Waals surface area contributed by atoms with Crippen molar-refractivity contribution in [3.05, 3.63) is 36.3 Å². The molecule has 1 aromatic carbocycles. The molecular weight excluding hydrogens is 288 g/mol. The minimum absolute atomic E-state index is 0.512. The highest BCUT2D eigenvalue weighted by Crippen LogP contribution is 2.36. The summed E-state index contributed by atoms with van der Waals surface area (Å²) in [5.41, 5.74) is 8.52. The second-order valence-electron chi connectivity index (χ2n) is 5.92. The summed E-state index contributed by atoms with van der Waals surface area (Å²) in [7, 11) is 1.68. The van der Waals surface area contributed by atoms with Crippen LogP contribution in [0.3, 0.4) is 0 Å². The van der Waals surface area contributed by atoms with Crippen LogP contribution in [0, 0.1) is 0 Å². The van der Waals surface area contributed by atoms with E-state index < -0.39 is 0 Å². The first kappa shape index (κ1) is 15.7. The molecule has 5 heteroatoms. The van der Waals surface area contributed by atoms with Crippen molar-refractivity contribution in [2.24, 2.45) is 5.73 Å². The van der Waals surface area contributed by atoms with Crippen molar-refractivity contribution in [3.8, 4) is 17.0 Å². The molecule has 0 radical (unpaired) electrons. The third kappa shape index (κ3) is 3.62. The molecule has 0 unspecified atom stereocenters. The van der Waals surface area contributed by atoms with Gasteiger partial charge in [-0.25, -0.2) is 9.97 Å². The second-order valence-corrected chi connectivity index (χ2v) is 5.92. The molecule has 1 fully saturated rings. The topological polar surface area (TPSA) is 73.1 Å². The smallest absolute Gasteiger partial charge is 0.132 e. The first-order valence-corrected chi connectivity index (χ1v) is 8.27. The highest BCUT2D eigenvalue weighted by molar-refractivity contribution is 5.74. The number of benzene rings is 1. The molecule has 0 aliphatic heterocycles. The Balaban J connectivity index is 1.94. The second kappa shape index (κ2) is 7.42. The number of methoxy groups -OCH3 is 1. The van der Waals surface area contributed by atoms with Gasteiger partial charge in [-0.15, -0.1) is 0 Å². The lowest BCUT2D eigenvalue weighted by atomic mass is 9.85. The number of rotatable bonds is 7.